The number of hydrogen-bond donors (Lipinski definition) is 2. The second kappa shape index (κ2) is 4.21. The number of amides is 3. The molecule has 1 unspecified atom stereocenters. The predicted molar refractivity (Wildman–Crippen MR) is 55.3 cm³/mol. The van der Waals surface area contributed by atoms with Gasteiger partial charge >= 0.3 is 0 Å². The molecule has 1 aliphatic carbocycles. The number of hydrogen-bond acceptors (Lipinski definition) is 4. The largest absolute Gasteiger partial charge is 0.321 e. The first kappa shape index (κ1) is 11.1. The molecule has 88 valence electrons. The van der Waals surface area contributed by atoms with Crippen LogP contribution in [0.4, 0.5) is 0 Å². The molecule has 2 fully saturated rings. The number of piperazine rings is 1. The molecule has 6 heteroatoms. The summed E-state index contributed by atoms with van der Waals surface area (Å²) in [5.41, 5.74) is 0. The summed E-state index contributed by atoms with van der Waals surface area (Å²) in [7, 11) is 0. The van der Waals surface area contributed by atoms with Crippen LogP contribution in [-0.2, 0) is 14.4 Å². The van der Waals surface area contributed by atoms with Gasteiger partial charge in [-0.15, -0.1) is 0 Å². The van der Waals surface area contributed by atoms with E-state index in [2.05, 4.69) is 10.6 Å². The van der Waals surface area contributed by atoms with E-state index in [9.17, 15) is 14.4 Å². The lowest BCUT2D eigenvalue weighted by Gasteiger charge is -2.31. The second-order valence-corrected chi connectivity index (χ2v) is 4.27. The highest BCUT2D eigenvalue weighted by Crippen LogP contribution is 2.18. The van der Waals surface area contributed by atoms with E-state index >= 15 is 0 Å². The number of nitrogens with zero attached hydrogens (tertiary/aromatic N) is 1. The van der Waals surface area contributed by atoms with E-state index < -0.39 is 17.9 Å². The number of carbonyl (C=O) groups is 3. The molecule has 2 N–H and O–H groups in total. The Morgan fingerprint density at radius 3 is 2.81 bits per heavy atom. The first-order valence-corrected chi connectivity index (χ1v) is 5.44. The third kappa shape index (κ3) is 2.38. The molecule has 0 spiro atoms. The first-order chi connectivity index (χ1) is 7.58. The van der Waals surface area contributed by atoms with Crippen LogP contribution in [0.15, 0.2) is 0 Å². The van der Waals surface area contributed by atoms with Crippen molar-refractivity contribution in [3.05, 3.63) is 0 Å². The number of carbonyl (C=O) groups excluding carboxylic acids is 3. The van der Waals surface area contributed by atoms with Crippen LogP contribution < -0.4 is 10.6 Å². The highest BCUT2D eigenvalue weighted by atomic mass is 16.2. The van der Waals surface area contributed by atoms with Gasteiger partial charge in [0.15, 0.2) is 0 Å². The second-order valence-electron chi connectivity index (χ2n) is 4.27. The van der Waals surface area contributed by atoms with Crippen LogP contribution in [0.3, 0.4) is 0 Å². The highest BCUT2D eigenvalue weighted by molar-refractivity contribution is 6.04. The van der Waals surface area contributed by atoms with Crippen LogP contribution in [0, 0.1) is 0 Å². The zero-order valence-electron chi connectivity index (χ0n) is 9.16. The van der Waals surface area contributed by atoms with Gasteiger partial charge in [0.05, 0.1) is 6.54 Å². The van der Waals surface area contributed by atoms with Crippen LogP contribution >= 0.6 is 0 Å². The smallest absolute Gasteiger partial charge is 0.249 e. The van der Waals surface area contributed by atoms with Gasteiger partial charge in [-0.05, 0) is 19.8 Å². The van der Waals surface area contributed by atoms with Gasteiger partial charge in [0.2, 0.25) is 17.7 Å². The lowest BCUT2D eigenvalue weighted by molar-refractivity contribution is -0.148. The van der Waals surface area contributed by atoms with Gasteiger partial charge in [0, 0.05) is 6.04 Å². The summed E-state index contributed by atoms with van der Waals surface area (Å²) in [6, 6.07) is -0.125. The molecule has 16 heavy (non-hydrogen) atoms. The average Bonchev–Trinajstić information content (AvgIpc) is 3.03. The summed E-state index contributed by atoms with van der Waals surface area (Å²) >= 11 is 0. The molecule has 6 nitrogen and oxygen atoms in total. The van der Waals surface area contributed by atoms with E-state index in [-0.39, 0.29) is 19.0 Å². The molecule has 1 aliphatic heterocycles. The van der Waals surface area contributed by atoms with Gasteiger partial charge < -0.3 is 10.2 Å². The van der Waals surface area contributed by atoms with Gasteiger partial charge in [-0.25, -0.2) is 0 Å². The van der Waals surface area contributed by atoms with Gasteiger partial charge in [-0.2, -0.15) is 0 Å². The lowest BCUT2D eigenvalue weighted by atomic mass is 10.2. The molecule has 0 bridgehead atoms. The Morgan fingerprint density at radius 1 is 1.50 bits per heavy atom. The third-order valence-electron chi connectivity index (χ3n) is 2.86. The molecule has 1 saturated heterocycles. The highest BCUT2D eigenvalue weighted by Gasteiger charge is 2.33. The number of nitrogens with one attached hydrogen (secondary N) is 2. The van der Waals surface area contributed by atoms with Crippen molar-refractivity contribution >= 4 is 17.7 Å². The van der Waals surface area contributed by atoms with E-state index in [1.807, 2.05) is 0 Å². The maximum absolute atomic E-state index is 11.8. The molecule has 0 aromatic heterocycles. The topological polar surface area (TPSA) is 78.5 Å². The maximum Gasteiger partial charge on any atom is 0.249 e. The summed E-state index contributed by atoms with van der Waals surface area (Å²) in [6.07, 6.45) is 2.20. The standard InChI is InChI=1S/C10H15N3O3/c1-6-10(16)12-8(14)5-13(6)9(15)4-11-7-2-3-7/h6-7,11H,2-5H2,1H3,(H,12,14,16). The fourth-order valence-corrected chi connectivity index (χ4v) is 1.64. The monoisotopic (exact) mass is 225 g/mol. The fourth-order valence-electron chi connectivity index (χ4n) is 1.64. The number of rotatable bonds is 3. The molecule has 0 aromatic carbocycles. The van der Waals surface area contributed by atoms with Crippen molar-refractivity contribution in [3.63, 3.8) is 0 Å². The molecule has 1 saturated carbocycles. The normalized spacial score (nSPS) is 25.6. The SMILES string of the molecule is CC1C(=O)NC(=O)CN1C(=O)CNC1CC1. The molecule has 2 rings (SSSR count). The van der Waals surface area contributed by atoms with Crippen molar-refractivity contribution in [1.29, 1.82) is 0 Å². The van der Waals surface area contributed by atoms with Gasteiger partial charge in [0.25, 0.3) is 0 Å². The Bertz CT molecular complexity index is 338. The van der Waals surface area contributed by atoms with Crippen molar-refractivity contribution in [2.24, 2.45) is 0 Å². The lowest BCUT2D eigenvalue weighted by Crippen LogP contribution is -2.59. The zero-order chi connectivity index (χ0) is 11.7. The molecule has 1 atom stereocenters. The Balaban J connectivity index is 1.91. The van der Waals surface area contributed by atoms with Crippen molar-refractivity contribution in [2.75, 3.05) is 13.1 Å². The van der Waals surface area contributed by atoms with Gasteiger partial charge in [-0.3, -0.25) is 19.7 Å². The van der Waals surface area contributed by atoms with E-state index in [0.717, 1.165) is 12.8 Å². The van der Waals surface area contributed by atoms with E-state index in [1.54, 1.807) is 6.92 Å². The van der Waals surface area contributed by atoms with Crippen LogP contribution in [-0.4, -0.2) is 47.8 Å². The first-order valence-electron chi connectivity index (χ1n) is 5.44. The summed E-state index contributed by atoms with van der Waals surface area (Å²) in [4.78, 5) is 35.5. The van der Waals surface area contributed by atoms with Crippen molar-refractivity contribution in [3.8, 4) is 0 Å². The van der Waals surface area contributed by atoms with Crippen LogP contribution in [0.2, 0.25) is 0 Å². The van der Waals surface area contributed by atoms with Crippen LogP contribution in [0.1, 0.15) is 19.8 Å². The van der Waals surface area contributed by atoms with Crippen molar-refractivity contribution < 1.29 is 14.4 Å². The van der Waals surface area contributed by atoms with Gasteiger partial charge in [0.1, 0.15) is 12.6 Å². The number of imide groups is 1. The Morgan fingerprint density at radius 2 is 2.19 bits per heavy atom. The van der Waals surface area contributed by atoms with E-state index in [0.29, 0.717) is 6.04 Å². The third-order valence-corrected chi connectivity index (χ3v) is 2.86. The zero-order valence-corrected chi connectivity index (χ0v) is 9.16. The molecule has 0 aromatic rings. The molecular formula is C10H15N3O3. The van der Waals surface area contributed by atoms with Crippen LogP contribution in [0.5, 0.6) is 0 Å². The predicted octanol–water partition coefficient (Wildman–Crippen LogP) is -1.39. The summed E-state index contributed by atoms with van der Waals surface area (Å²) in [6.45, 7) is 1.80. The van der Waals surface area contributed by atoms with E-state index in [4.69, 9.17) is 0 Å². The molecular weight excluding hydrogens is 210 g/mol. The average molecular weight is 225 g/mol. The summed E-state index contributed by atoms with van der Waals surface area (Å²) < 4.78 is 0. The fraction of sp³-hybridized carbons (Fsp3) is 0.700. The van der Waals surface area contributed by atoms with Gasteiger partial charge in [-0.1, -0.05) is 0 Å². The summed E-state index contributed by atoms with van der Waals surface area (Å²) in [5.74, 6) is -1.01. The quantitative estimate of drug-likeness (QED) is 0.580. The van der Waals surface area contributed by atoms with Crippen LogP contribution in [0.25, 0.3) is 0 Å². The Hall–Kier alpha value is -1.43. The van der Waals surface area contributed by atoms with E-state index in [1.165, 1.54) is 4.90 Å². The molecule has 2 aliphatic rings. The minimum Gasteiger partial charge on any atom is -0.321 e. The van der Waals surface area contributed by atoms with Crippen molar-refractivity contribution in [2.45, 2.75) is 31.8 Å². The molecule has 1 heterocycles. The minimum absolute atomic E-state index is 0.0297. The maximum atomic E-state index is 11.8. The Kier molecular flexibility index (Phi) is 2.91. The molecule has 0 radical (unpaired) electrons. The van der Waals surface area contributed by atoms with Crippen molar-refractivity contribution in [1.82, 2.24) is 15.5 Å². The minimum atomic E-state index is -0.564. The summed E-state index contributed by atoms with van der Waals surface area (Å²) in [5, 5.41) is 5.27. The Labute approximate surface area is 93.4 Å². The molecule has 3 amide bonds.